The Morgan fingerprint density at radius 2 is 1.67 bits per heavy atom. The van der Waals surface area contributed by atoms with Crippen LogP contribution in [0.1, 0.15) is 20.7 Å². The highest BCUT2D eigenvalue weighted by molar-refractivity contribution is 9.10. The van der Waals surface area contributed by atoms with Gasteiger partial charge in [-0.25, -0.2) is 0 Å². The Kier molecular flexibility index (Phi) is 5.99. The molecule has 30 heavy (non-hydrogen) atoms. The van der Waals surface area contributed by atoms with E-state index in [9.17, 15) is 9.59 Å². The number of para-hydroxylation sites is 2. The maximum atomic E-state index is 12.4. The fourth-order valence-electron chi connectivity index (χ4n) is 3.01. The Balaban J connectivity index is 1.30. The van der Waals surface area contributed by atoms with Crippen LogP contribution in [0.25, 0.3) is 0 Å². The Morgan fingerprint density at radius 3 is 2.43 bits per heavy atom. The van der Waals surface area contributed by atoms with Crippen LogP contribution in [0, 0.1) is 0 Å². The fourth-order valence-corrected chi connectivity index (χ4v) is 3.41. The summed E-state index contributed by atoms with van der Waals surface area (Å²) < 4.78 is 12.3. The fraction of sp³-hybridized carbons (Fsp3) is 0.130. The van der Waals surface area contributed by atoms with E-state index in [1.165, 1.54) is 0 Å². The van der Waals surface area contributed by atoms with Crippen molar-refractivity contribution < 1.29 is 19.1 Å². The van der Waals surface area contributed by atoms with Crippen molar-refractivity contribution in [2.45, 2.75) is 6.10 Å². The summed E-state index contributed by atoms with van der Waals surface area (Å²) >= 11 is 3.35. The molecule has 2 N–H and O–H groups in total. The second kappa shape index (κ2) is 9.00. The van der Waals surface area contributed by atoms with Crippen molar-refractivity contribution in [3.05, 3.63) is 88.4 Å². The second-order valence-electron chi connectivity index (χ2n) is 6.75. The van der Waals surface area contributed by atoms with Crippen molar-refractivity contribution in [1.82, 2.24) is 5.32 Å². The van der Waals surface area contributed by atoms with Gasteiger partial charge in [0.1, 0.15) is 12.7 Å². The van der Waals surface area contributed by atoms with Gasteiger partial charge in [0.2, 0.25) is 0 Å². The molecule has 3 aromatic carbocycles. The van der Waals surface area contributed by atoms with E-state index in [4.69, 9.17) is 9.47 Å². The van der Waals surface area contributed by atoms with E-state index in [-0.39, 0.29) is 17.9 Å². The third-order valence-electron chi connectivity index (χ3n) is 4.55. The Morgan fingerprint density at radius 1 is 0.900 bits per heavy atom. The summed E-state index contributed by atoms with van der Waals surface area (Å²) in [5.74, 6) is 0.944. The minimum atomic E-state index is -0.257. The maximum Gasteiger partial charge on any atom is 0.255 e. The van der Waals surface area contributed by atoms with Gasteiger partial charge in [0.25, 0.3) is 11.8 Å². The third kappa shape index (κ3) is 4.80. The summed E-state index contributed by atoms with van der Waals surface area (Å²) in [6.45, 7) is 0.701. The molecular formula is C23H19BrN2O4. The smallest absolute Gasteiger partial charge is 0.255 e. The molecule has 0 saturated carbocycles. The Hall–Kier alpha value is -3.32. The zero-order valence-corrected chi connectivity index (χ0v) is 17.5. The number of hydrogen-bond donors (Lipinski definition) is 2. The monoisotopic (exact) mass is 466 g/mol. The lowest BCUT2D eigenvalue weighted by Gasteiger charge is -2.26. The quantitative estimate of drug-likeness (QED) is 0.588. The molecule has 0 bridgehead atoms. The van der Waals surface area contributed by atoms with Crippen molar-refractivity contribution in [3.8, 4) is 11.5 Å². The average Bonchev–Trinajstić information content (AvgIpc) is 2.78. The van der Waals surface area contributed by atoms with Gasteiger partial charge in [0, 0.05) is 21.3 Å². The largest absolute Gasteiger partial charge is 0.486 e. The van der Waals surface area contributed by atoms with Gasteiger partial charge in [-0.15, -0.1) is 0 Å². The summed E-state index contributed by atoms with van der Waals surface area (Å²) in [7, 11) is 0. The number of hydrogen-bond acceptors (Lipinski definition) is 4. The predicted molar refractivity (Wildman–Crippen MR) is 117 cm³/mol. The van der Waals surface area contributed by atoms with E-state index >= 15 is 0 Å². The molecule has 1 aliphatic rings. The summed E-state index contributed by atoms with van der Waals surface area (Å²) in [5, 5.41) is 5.67. The Labute approximate surface area is 182 Å². The Bertz CT molecular complexity index is 1070. The molecule has 2 amide bonds. The van der Waals surface area contributed by atoms with Crippen LogP contribution in [0.2, 0.25) is 0 Å². The summed E-state index contributed by atoms with van der Waals surface area (Å²) in [6, 6.07) is 21.3. The SMILES string of the molecule is O=C(NCC1COc2ccccc2O1)c1ccc(NC(=O)c2cccc(Br)c2)cc1. The first-order chi connectivity index (χ1) is 14.6. The van der Waals surface area contributed by atoms with Gasteiger partial charge < -0.3 is 20.1 Å². The highest BCUT2D eigenvalue weighted by atomic mass is 79.9. The van der Waals surface area contributed by atoms with Gasteiger partial charge in [-0.05, 0) is 54.6 Å². The molecule has 1 unspecified atom stereocenters. The van der Waals surface area contributed by atoms with Crippen LogP contribution in [0.4, 0.5) is 5.69 Å². The van der Waals surface area contributed by atoms with Crippen LogP contribution < -0.4 is 20.1 Å². The van der Waals surface area contributed by atoms with E-state index in [1.54, 1.807) is 42.5 Å². The number of benzene rings is 3. The number of carbonyl (C=O) groups is 2. The lowest BCUT2D eigenvalue weighted by Crippen LogP contribution is -2.40. The molecule has 0 aliphatic carbocycles. The molecule has 1 aliphatic heterocycles. The minimum absolute atomic E-state index is 0.219. The van der Waals surface area contributed by atoms with Gasteiger partial charge in [-0.3, -0.25) is 9.59 Å². The summed E-state index contributed by atoms with van der Waals surface area (Å²) in [5.41, 5.74) is 1.65. The van der Waals surface area contributed by atoms with Crippen LogP contribution in [0.5, 0.6) is 11.5 Å². The molecule has 4 rings (SSSR count). The van der Waals surface area contributed by atoms with E-state index in [2.05, 4.69) is 26.6 Å². The molecule has 0 fully saturated rings. The molecule has 3 aromatic rings. The molecule has 0 spiro atoms. The lowest BCUT2D eigenvalue weighted by atomic mass is 10.1. The summed E-state index contributed by atoms with van der Waals surface area (Å²) in [4.78, 5) is 24.7. The van der Waals surface area contributed by atoms with Gasteiger partial charge in [-0.2, -0.15) is 0 Å². The number of rotatable bonds is 5. The number of halogens is 1. The number of anilines is 1. The number of nitrogens with one attached hydrogen (secondary N) is 2. The number of fused-ring (bicyclic) bond motifs is 1. The molecular weight excluding hydrogens is 448 g/mol. The molecule has 0 saturated heterocycles. The lowest BCUT2D eigenvalue weighted by molar-refractivity contribution is 0.0789. The molecule has 7 heteroatoms. The van der Waals surface area contributed by atoms with Crippen molar-refractivity contribution in [2.24, 2.45) is 0 Å². The molecule has 0 radical (unpaired) electrons. The predicted octanol–water partition coefficient (Wildman–Crippen LogP) is 4.27. The van der Waals surface area contributed by atoms with Crippen LogP contribution in [-0.2, 0) is 0 Å². The van der Waals surface area contributed by atoms with Gasteiger partial charge in [0.15, 0.2) is 11.5 Å². The van der Waals surface area contributed by atoms with E-state index in [0.717, 1.165) is 4.47 Å². The molecule has 152 valence electrons. The van der Waals surface area contributed by atoms with Crippen LogP contribution in [0.3, 0.4) is 0 Å². The third-order valence-corrected chi connectivity index (χ3v) is 5.04. The first kappa shape index (κ1) is 20.0. The maximum absolute atomic E-state index is 12.4. The first-order valence-corrected chi connectivity index (χ1v) is 10.2. The molecule has 1 atom stereocenters. The van der Waals surface area contributed by atoms with Crippen LogP contribution in [0.15, 0.2) is 77.3 Å². The topological polar surface area (TPSA) is 76.7 Å². The highest BCUT2D eigenvalue weighted by Crippen LogP contribution is 2.30. The molecule has 6 nitrogen and oxygen atoms in total. The average molecular weight is 467 g/mol. The van der Waals surface area contributed by atoms with Crippen molar-refractivity contribution in [3.63, 3.8) is 0 Å². The molecule has 0 aromatic heterocycles. The second-order valence-corrected chi connectivity index (χ2v) is 7.67. The van der Waals surface area contributed by atoms with E-state index in [1.807, 2.05) is 30.3 Å². The van der Waals surface area contributed by atoms with Crippen molar-refractivity contribution in [2.75, 3.05) is 18.5 Å². The zero-order chi connectivity index (χ0) is 20.9. The van der Waals surface area contributed by atoms with Gasteiger partial charge >= 0.3 is 0 Å². The normalized spacial score (nSPS) is 14.6. The van der Waals surface area contributed by atoms with Gasteiger partial charge in [0.05, 0.1) is 6.54 Å². The van der Waals surface area contributed by atoms with Crippen molar-refractivity contribution in [1.29, 1.82) is 0 Å². The van der Waals surface area contributed by atoms with Crippen molar-refractivity contribution >= 4 is 33.4 Å². The first-order valence-electron chi connectivity index (χ1n) is 9.42. The standard InChI is InChI=1S/C23H19BrN2O4/c24-17-5-3-4-16(12-17)23(28)26-18-10-8-15(9-11-18)22(27)25-13-19-14-29-20-6-1-2-7-21(20)30-19/h1-12,19H,13-14H2,(H,25,27)(H,26,28). The molecule has 1 heterocycles. The number of amides is 2. The van der Waals surface area contributed by atoms with Crippen LogP contribution >= 0.6 is 15.9 Å². The summed E-state index contributed by atoms with van der Waals surface area (Å²) in [6.07, 6.45) is -0.257. The minimum Gasteiger partial charge on any atom is -0.486 e. The number of ether oxygens (including phenoxy) is 2. The van der Waals surface area contributed by atoms with E-state index < -0.39 is 0 Å². The zero-order valence-electron chi connectivity index (χ0n) is 15.9. The van der Waals surface area contributed by atoms with Crippen LogP contribution in [-0.4, -0.2) is 31.1 Å². The highest BCUT2D eigenvalue weighted by Gasteiger charge is 2.21. The van der Waals surface area contributed by atoms with E-state index in [0.29, 0.717) is 41.5 Å². The van der Waals surface area contributed by atoms with Gasteiger partial charge in [-0.1, -0.05) is 34.1 Å². The number of carbonyl (C=O) groups excluding carboxylic acids is 2.